The fourth-order valence-electron chi connectivity index (χ4n) is 1.54. The van der Waals surface area contributed by atoms with E-state index < -0.39 is 0 Å². The predicted octanol–water partition coefficient (Wildman–Crippen LogP) is 2.45. The summed E-state index contributed by atoms with van der Waals surface area (Å²) in [7, 11) is 0. The monoisotopic (exact) mass is 233 g/mol. The molecule has 2 N–H and O–H groups in total. The third-order valence-corrected chi connectivity index (χ3v) is 2.94. The molecule has 0 aromatic carbocycles. The van der Waals surface area contributed by atoms with Crippen LogP contribution in [0.2, 0.25) is 0 Å². The topological polar surface area (TPSA) is 64.9 Å². The van der Waals surface area contributed by atoms with E-state index in [1.54, 1.807) is 0 Å². The highest BCUT2D eigenvalue weighted by molar-refractivity contribution is 5.67. The molecule has 0 aliphatic carbocycles. The second-order valence-electron chi connectivity index (χ2n) is 5.56. The van der Waals surface area contributed by atoms with Gasteiger partial charge >= 0.3 is 0 Å². The summed E-state index contributed by atoms with van der Waals surface area (Å²) in [6, 6.07) is 3.84. The van der Waals surface area contributed by atoms with Crippen LogP contribution >= 0.6 is 0 Å². The highest BCUT2D eigenvalue weighted by Crippen LogP contribution is 2.22. The van der Waals surface area contributed by atoms with Gasteiger partial charge in [-0.3, -0.25) is 0 Å². The van der Waals surface area contributed by atoms with E-state index in [1.165, 1.54) is 0 Å². The Kier molecular flexibility index (Phi) is 2.91. The number of oxazole rings is 1. The highest BCUT2D eigenvalue weighted by atomic mass is 16.3. The zero-order valence-corrected chi connectivity index (χ0v) is 10.8. The molecule has 0 aliphatic heterocycles. The number of rotatable bonds is 2. The molecule has 0 radical (unpaired) electrons. The van der Waals surface area contributed by atoms with E-state index in [0.717, 1.165) is 11.3 Å². The second kappa shape index (κ2) is 4.11. The van der Waals surface area contributed by atoms with Gasteiger partial charge in [0.05, 0.1) is 0 Å². The molecule has 2 aromatic heterocycles. The number of hydrogen-bond donors (Lipinski definition) is 1. The van der Waals surface area contributed by atoms with Crippen LogP contribution in [0.3, 0.4) is 0 Å². The first-order chi connectivity index (χ1) is 7.86. The summed E-state index contributed by atoms with van der Waals surface area (Å²) >= 11 is 0. The highest BCUT2D eigenvalue weighted by Gasteiger charge is 2.23. The van der Waals surface area contributed by atoms with E-state index in [0.29, 0.717) is 18.0 Å². The van der Waals surface area contributed by atoms with Crippen LogP contribution < -0.4 is 5.73 Å². The lowest BCUT2D eigenvalue weighted by molar-refractivity contribution is 0.303. The Bertz CT molecular complexity index is 525. The fraction of sp³-hybridized carbons (Fsp3) is 0.538. The minimum Gasteiger partial charge on any atom is -0.439 e. The van der Waals surface area contributed by atoms with E-state index in [2.05, 4.69) is 30.7 Å². The van der Waals surface area contributed by atoms with Gasteiger partial charge in [0.15, 0.2) is 17.1 Å². The Hall–Kier alpha value is -1.42. The van der Waals surface area contributed by atoms with Crippen LogP contribution in [0.5, 0.6) is 0 Å². The van der Waals surface area contributed by atoms with Crippen LogP contribution in [0.15, 0.2) is 16.5 Å². The molecule has 1 atom stereocenters. The first-order valence-electron chi connectivity index (χ1n) is 5.85. The molecule has 17 heavy (non-hydrogen) atoms. The van der Waals surface area contributed by atoms with Crippen LogP contribution in [0.1, 0.15) is 32.4 Å². The van der Waals surface area contributed by atoms with Gasteiger partial charge in [-0.1, -0.05) is 20.8 Å². The van der Waals surface area contributed by atoms with Crippen LogP contribution in [0.4, 0.5) is 0 Å². The van der Waals surface area contributed by atoms with Crippen LogP contribution in [-0.4, -0.2) is 16.0 Å². The number of hydrogen-bond acceptors (Lipinski definition) is 4. The fourth-order valence-corrected chi connectivity index (χ4v) is 1.54. The molecule has 2 aromatic rings. The number of nitrogens with zero attached hydrogens (tertiary/aromatic N) is 2. The van der Waals surface area contributed by atoms with Crippen molar-refractivity contribution in [1.29, 1.82) is 0 Å². The van der Waals surface area contributed by atoms with E-state index in [9.17, 15) is 0 Å². The minimum atomic E-state index is 0.0247. The standard InChI is InChI=1S/C13H19N3O/c1-8-5-6-9-12(15-8)16-11(17-9)7-10(14)13(2,3)4/h5-6,10H,7,14H2,1-4H3. The lowest BCUT2D eigenvalue weighted by atomic mass is 9.85. The molecule has 0 saturated carbocycles. The Morgan fingerprint density at radius 3 is 2.65 bits per heavy atom. The average molecular weight is 233 g/mol. The largest absolute Gasteiger partial charge is 0.439 e. The van der Waals surface area contributed by atoms with E-state index in [-0.39, 0.29) is 11.5 Å². The van der Waals surface area contributed by atoms with Gasteiger partial charge in [0.25, 0.3) is 0 Å². The smallest absolute Gasteiger partial charge is 0.199 e. The lowest BCUT2D eigenvalue weighted by Gasteiger charge is -2.25. The Morgan fingerprint density at radius 2 is 2.00 bits per heavy atom. The summed E-state index contributed by atoms with van der Waals surface area (Å²) in [6.07, 6.45) is 0.638. The van der Waals surface area contributed by atoms with Crippen LogP contribution in [0, 0.1) is 12.3 Å². The molecule has 2 rings (SSSR count). The molecular weight excluding hydrogens is 214 g/mol. The number of aryl methyl sites for hydroxylation is 1. The predicted molar refractivity (Wildman–Crippen MR) is 67.7 cm³/mol. The first-order valence-corrected chi connectivity index (χ1v) is 5.85. The quantitative estimate of drug-likeness (QED) is 0.865. The second-order valence-corrected chi connectivity index (χ2v) is 5.56. The molecule has 2 heterocycles. The molecule has 1 unspecified atom stereocenters. The van der Waals surface area contributed by atoms with Crippen molar-refractivity contribution in [3.05, 3.63) is 23.7 Å². The van der Waals surface area contributed by atoms with Gasteiger partial charge in [0, 0.05) is 18.2 Å². The van der Waals surface area contributed by atoms with E-state index >= 15 is 0 Å². The number of aromatic nitrogens is 2. The van der Waals surface area contributed by atoms with Gasteiger partial charge in [0.1, 0.15) is 0 Å². The summed E-state index contributed by atoms with van der Waals surface area (Å²) in [6.45, 7) is 8.28. The molecule has 4 nitrogen and oxygen atoms in total. The zero-order valence-electron chi connectivity index (χ0n) is 10.8. The minimum absolute atomic E-state index is 0.0247. The number of fused-ring (bicyclic) bond motifs is 1. The van der Waals surface area contributed by atoms with E-state index in [1.807, 2.05) is 19.1 Å². The van der Waals surface area contributed by atoms with Crippen molar-refractivity contribution in [3.63, 3.8) is 0 Å². The van der Waals surface area contributed by atoms with Crippen molar-refractivity contribution < 1.29 is 4.42 Å². The Morgan fingerprint density at radius 1 is 1.29 bits per heavy atom. The normalized spacial score (nSPS) is 14.2. The molecule has 0 saturated heterocycles. The van der Waals surface area contributed by atoms with E-state index in [4.69, 9.17) is 10.2 Å². The third kappa shape index (κ3) is 2.64. The third-order valence-electron chi connectivity index (χ3n) is 2.94. The molecular formula is C13H19N3O. The summed E-state index contributed by atoms with van der Waals surface area (Å²) in [5, 5.41) is 0. The maximum absolute atomic E-state index is 6.11. The first kappa shape index (κ1) is 12.0. The molecule has 0 bridgehead atoms. The van der Waals surface area contributed by atoms with Gasteiger partial charge in [-0.15, -0.1) is 0 Å². The molecule has 0 spiro atoms. The summed E-state index contributed by atoms with van der Waals surface area (Å²) in [5.74, 6) is 0.667. The van der Waals surface area contributed by atoms with Crippen molar-refractivity contribution >= 4 is 11.2 Å². The number of pyridine rings is 1. The Balaban J connectivity index is 2.25. The summed E-state index contributed by atoms with van der Waals surface area (Å²) in [5.41, 5.74) is 8.50. The maximum atomic E-state index is 6.11. The number of nitrogens with two attached hydrogens (primary N) is 1. The lowest BCUT2D eigenvalue weighted by Crippen LogP contribution is -2.36. The molecule has 0 amide bonds. The van der Waals surface area contributed by atoms with Crippen molar-refractivity contribution in [2.24, 2.45) is 11.1 Å². The van der Waals surface area contributed by atoms with Crippen molar-refractivity contribution in [2.45, 2.75) is 40.2 Å². The zero-order chi connectivity index (χ0) is 12.6. The van der Waals surface area contributed by atoms with Gasteiger partial charge in [0.2, 0.25) is 0 Å². The maximum Gasteiger partial charge on any atom is 0.199 e. The van der Waals surface area contributed by atoms with Crippen molar-refractivity contribution in [3.8, 4) is 0 Å². The van der Waals surface area contributed by atoms with Crippen LogP contribution in [-0.2, 0) is 6.42 Å². The summed E-state index contributed by atoms with van der Waals surface area (Å²) < 4.78 is 5.64. The summed E-state index contributed by atoms with van der Waals surface area (Å²) in [4.78, 5) is 8.69. The molecule has 0 aliphatic rings. The molecule has 92 valence electrons. The van der Waals surface area contributed by atoms with Gasteiger partial charge < -0.3 is 10.2 Å². The van der Waals surface area contributed by atoms with Gasteiger partial charge in [-0.25, -0.2) is 4.98 Å². The van der Waals surface area contributed by atoms with Crippen LogP contribution in [0.25, 0.3) is 11.2 Å². The molecule has 4 heteroatoms. The average Bonchev–Trinajstić information content (AvgIpc) is 2.57. The van der Waals surface area contributed by atoms with Gasteiger partial charge in [-0.05, 0) is 24.5 Å². The van der Waals surface area contributed by atoms with Crippen molar-refractivity contribution in [2.75, 3.05) is 0 Å². The molecule has 0 fully saturated rings. The van der Waals surface area contributed by atoms with Gasteiger partial charge in [-0.2, -0.15) is 4.98 Å². The SMILES string of the molecule is Cc1ccc2oc(CC(N)C(C)(C)C)nc2n1. The van der Waals surface area contributed by atoms with Crippen molar-refractivity contribution in [1.82, 2.24) is 9.97 Å². The Labute approximate surface area is 101 Å².